The fourth-order valence-electron chi connectivity index (χ4n) is 1.63. The van der Waals surface area contributed by atoms with Crippen molar-refractivity contribution in [3.8, 4) is 0 Å². The minimum absolute atomic E-state index is 0.275. The summed E-state index contributed by atoms with van der Waals surface area (Å²) in [6, 6.07) is 0. The van der Waals surface area contributed by atoms with E-state index < -0.39 is 0 Å². The van der Waals surface area contributed by atoms with Crippen LogP contribution in [0.5, 0.6) is 0 Å². The minimum Gasteiger partial charge on any atom is -0.396 e. The molecule has 0 spiro atoms. The van der Waals surface area contributed by atoms with E-state index in [9.17, 15) is 5.11 Å². The molecular formula is C11H19NOS. The molecule has 1 rings (SSSR count). The minimum atomic E-state index is 0.275. The standard InChI is InChI=1S/C11H19NOS/c1-8(2)4-10(6-13)5-11-12-9(3)7-14-11/h7-8,10,13H,4-6H2,1-3H3. The normalized spacial score (nSPS) is 13.5. The van der Waals surface area contributed by atoms with E-state index in [1.165, 1.54) is 0 Å². The van der Waals surface area contributed by atoms with Gasteiger partial charge in [0.25, 0.3) is 0 Å². The number of aliphatic hydroxyl groups excluding tert-OH is 1. The van der Waals surface area contributed by atoms with Gasteiger partial charge in [-0.2, -0.15) is 0 Å². The van der Waals surface area contributed by atoms with E-state index in [1.807, 2.05) is 6.92 Å². The summed E-state index contributed by atoms with van der Waals surface area (Å²) in [5.41, 5.74) is 1.09. The van der Waals surface area contributed by atoms with E-state index in [1.54, 1.807) is 11.3 Å². The Hall–Kier alpha value is -0.410. The molecule has 0 aliphatic heterocycles. The first-order chi connectivity index (χ1) is 6.61. The van der Waals surface area contributed by atoms with Crippen LogP contribution in [-0.4, -0.2) is 16.7 Å². The van der Waals surface area contributed by atoms with Crippen LogP contribution in [0.25, 0.3) is 0 Å². The van der Waals surface area contributed by atoms with Crippen LogP contribution in [0.2, 0.25) is 0 Å². The van der Waals surface area contributed by atoms with Crippen LogP contribution in [0.4, 0.5) is 0 Å². The highest BCUT2D eigenvalue weighted by atomic mass is 32.1. The van der Waals surface area contributed by atoms with E-state index in [4.69, 9.17) is 0 Å². The van der Waals surface area contributed by atoms with Gasteiger partial charge >= 0.3 is 0 Å². The second-order valence-corrected chi connectivity index (χ2v) is 5.21. The zero-order valence-electron chi connectivity index (χ0n) is 9.16. The number of hydrogen-bond donors (Lipinski definition) is 1. The molecule has 0 aliphatic rings. The summed E-state index contributed by atoms with van der Waals surface area (Å²) in [7, 11) is 0. The largest absolute Gasteiger partial charge is 0.396 e. The van der Waals surface area contributed by atoms with E-state index in [-0.39, 0.29) is 6.61 Å². The van der Waals surface area contributed by atoms with Crippen LogP contribution in [0.15, 0.2) is 5.38 Å². The zero-order valence-corrected chi connectivity index (χ0v) is 9.97. The van der Waals surface area contributed by atoms with Gasteiger partial charge in [0.1, 0.15) is 0 Å². The van der Waals surface area contributed by atoms with Crippen molar-refractivity contribution >= 4 is 11.3 Å². The maximum Gasteiger partial charge on any atom is 0.0931 e. The van der Waals surface area contributed by atoms with Gasteiger partial charge in [-0.05, 0) is 25.2 Å². The van der Waals surface area contributed by atoms with Crippen LogP contribution >= 0.6 is 11.3 Å². The maximum atomic E-state index is 9.22. The molecule has 0 amide bonds. The van der Waals surface area contributed by atoms with E-state index in [0.29, 0.717) is 11.8 Å². The Bertz CT molecular complexity index is 270. The summed E-state index contributed by atoms with van der Waals surface area (Å²) < 4.78 is 0. The Labute approximate surface area is 90.0 Å². The fourth-order valence-corrected chi connectivity index (χ4v) is 2.52. The molecule has 0 bridgehead atoms. The molecule has 0 saturated carbocycles. The fraction of sp³-hybridized carbons (Fsp3) is 0.727. The lowest BCUT2D eigenvalue weighted by Crippen LogP contribution is -2.12. The highest BCUT2D eigenvalue weighted by molar-refractivity contribution is 7.09. The molecule has 2 nitrogen and oxygen atoms in total. The van der Waals surface area contributed by atoms with Crippen molar-refractivity contribution < 1.29 is 5.11 Å². The molecule has 1 aromatic heterocycles. The third-order valence-electron chi connectivity index (χ3n) is 2.19. The van der Waals surface area contributed by atoms with Crippen LogP contribution in [0.1, 0.15) is 31.0 Å². The SMILES string of the molecule is Cc1csc(CC(CO)CC(C)C)n1. The summed E-state index contributed by atoms with van der Waals surface area (Å²) >= 11 is 1.70. The molecule has 0 radical (unpaired) electrons. The number of aryl methyl sites for hydroxylation is 1. The van der Waals surface area contributed by atoms with Gasteiger partial charge in [0, 0.05) is 24.1 Å². The number of hydrogen-bond acceptors (Lipinski definition) is 3. The van der Waals surface area contributed by atoms with Crippen molar-refractivity contribution in [1.82, 2.24) is 4.98 Å². The summed E-state index contributed by atoms with van der Waals surface area (Å²) in [4.78, 5) is 4.41. The Balaban J connectivity index is 2.48. The molecule has 14 heavy (non-hydrogen) atoms. The first kappa shape index (κ1) is 11.7. The Morgan fingerprint density at radius 2 is 2.21 bits per heavy atom. The molecule has 1 atom stereocenters. The lowest BCUT2D eigenvalue weighted by atomic mass is 9.95. The number of aromatic nitrogens is 1. The molecule has 0 aliphatic carbocycles. The third-order valence-corrected chi connectivity index (χ3v) is 3.18. The van der Waals surface area contributed by atoms with Gasteiger partial charge in [-0.3, -0.25) is 0 Å². The molecule has 1 aromatic rings. The van der Waals surface area contributed by atoms with E-state index in [0.717, 1.165) is 23.5 Å². The average molecular weight is 213 g/mol. The van der Waals surface area contributed by atoms with Gasteiger partial charge < -0.3 is 5.11 Å². The molecule has 3 heteroatoms. The number of rotatable bonds is 5. The first-order valence-electron chi connectivity index (χ1n) is 5.13. The highest BCUT2D eigenvalue weighted by Crippen LogP contribution is 2.19. The molecule has 1 unspecified atom stereocenters. The van der Waals surface area contributed by atoms with Gasteiger partial charge in [0.05, 0.1) is 5.01 Å². The molecular weight excluding hydrogens is 194 g/mol. The van der Waals surface area contributed by atoms with Gasteiger partial charge in [-0.1, -0.05) is 13.8 Å². The summed E-state index contributed by atoms with van der Waals surface area (Å²) in [6.07, 6.45) is 2.00. The highest BCUT2D eigenvalue weighted by Gasteiger charge is 2.12. The van der Waals surface area contributed by atoms with Gasteiger partial charge in [-0.25, -0.2) is 4.98 Å². The molecule has 1 N–H and O–H groups in total. The summed E-state index contributed by atoms with van der Waals surface area (Å²) in [6.45, 7) is 6.67. The molecule has 80 valence electrons. The molecule has 0 fully saturated rings. The molecule has 0 aromatic carbocycles. The Kier molecular flexibility index (Phi) is 4.55. The Morgan fingerprint density at radius 3 is 2.64 bits per heavy atom. The maximum absolute atomic E-state index is 9.22. The van der Waals surface area contributed by atoms with Crippen LogP contribution in [0.3, 0.4) is 0 Å². The van der Waals surface area contributed by atoms with Gasteiger partial charge in [0.2, 0.25) is 0 Å². The van der Waals surface area contributed by atoms with Gasteiger partial charge in [0.15, 0.2) is 0 Å². The van der Waals surface area contributed by atoms with Crippen LogP contribution in [-0.2, 0) is 6.42 Å². The monoisotopic (exact) mass is 213 g/mol. The number of thiazole rings is 1. The average Bonchev–Trinajstić information content (AvgIpc) is 2.49. The van der Waals surface area contributed by atoms with Crippen molar-refractivity contribution in [1.29, 1.82) is 0 Å². The zero-order chi connectivity index (χ0) is 10.6. The predicted octanol–water partition coefficient (Wildman–Crippen LogP) is 2.65. The molecule has 1 heterocycles. The van der Waals surface area contributed by atoms with Crippen LogP contribution < -0.4 is 0 Å². The lowest BCUT2D eigenvalue weighted by Gasteiger charge is -2.14. The Morgan fingerprint density at radius 1 is 1.50 bits per heavy atom. The summed E-state index contributed by atoms with van der Waals surface area (Å²) in [5, 5.41) is 12.4. The lowest BCUT2D eigenvalue weighted by molar-refractivity contribution is 0.205. The third kappa shape index (κ3) is 3.76. The van der Waals surface area contributed by atoms with Gasteiger partial charge in [-0.15, -0.1) is 11.3 Å². The van der Waals surface area contributed by atoms with Crippen molar-refractivity contribution in [3.63, 3.8) is 0 Å². The number of nitrogens with zero attached hydrogens (tertiary/aromatic N) is 1. The second kappa shape index (κ2) is 5.47. The van der Waals surface area contributed by atoms with Crippen molar-refractivity contribution in [3.05, 3.63) is 16.1 Å². The number of aliphatic hydroxyl groups is 1. The van der Waals surface area contributed by atoms with Crippen molar-refractivity contribution in [2.45, 2.75) is 33.6 Å². The van der Waals surface area contributed by atoms with E-state index in [2.05, 4.69) is 24.2 Å². The topological polar surface area (TPSA) is 33.1 Å². The first-order valence-corrected chi connectivity index (χ1v) is 6.01. The quantitative estimate of drug-likeness (QED) is 0.815. The predicted molar refractivity (Wildman–Crippen MR) is 60.6 cm³/mol. The van der Waals surface area contributed by atoms with Crippen LogP contribution in [0, 0.1) is 18.8 Å². The van der Waals surface area contributed by atoms with Crippen molar-refractivity contribution in [2.75, 3.05) is 6.61 Å². The molecule has 0 saturated heterocycles. The second-order valence-electron chi connectivity index (χ2n) is 4.26. The summed E-state index contributed by atoms with van der Waals surface area (Å²) in [5.74, 6) is 1.02. The van der Waals surface area contributed by atoms with E-state index >= 15 is 0 Å². The smallest absolute Gasteiger partial charge is 0.0931 e. The van der Waals surface area contributed by atoms with Crippen molar-refractivity contribution in [2.24, 2.45) is 11.8 Å².